The van der Waals surface area contributed by atoms with Crippen LogP contribution in [0.15, 0.2) is 89.7 Å². The number of carbonyl (C=O) groups is 1. The van der Waals surface area contributed by atoms with Gasteiger partial charge in [0.2, 0.25) is 0 Å². The highest BCUT2D eigenvalue weighted by molar-refractivity contribution is 6.07. The van der Waals surface area contributed by atoms with E-state index < -0.39 is 5.91 Å². The summed E-state index contributed by atoms with van der Waals surface area (Å²) >= 11 is 0. The van der Waals surface area contributed by atoms with E-state index in [2.05, 4.69) is 0 Å². The van der Waals surface area contributed by atoms with Gasteiger partial charge in [0.1, 0.15) is 5.69 Å². The molecule has 4 rings (SSSR count). The molecular weight excluding hydrogens is 336 g/mol. The van der Waals surface area contributed by atoms with E-state index in [0.29, 0.717) is 10.9 Å². The molecule has 0 saturated carbocycles. The molecule has 0 unspecified atom stereocenters. The van der Waals surface area contributed by atoms with Crippen molar-refractivity contribution < 1.29 is 4.79 Å². The SMILES string of the molecule is NC(=O)c1c(-c2ccccc2)c2ccccc2c(=O)n1Cc1ccccc1. The van der Waals surface area contributed by atoms with Gasteiger partial charge in [0.05, 0.1) is 6.54 Å². The highest BCUT2D eigenvalue weighted by Gasteiger charge is 2.21. The van der Waals surface area contributed by atoms with Gasteiger partial charge in [-0.25, -0.2) is 0 Å². The van der Waals surface area contributed by atoms with Gasteiger partial charge in [-0.2, -0.15) is 0 Å². The van der Waals surface area contributed by atoms with Crippen molar-refractivity contribution in [3.8, 4) is 11.1 Å². The summed E-state index contributed by atoms with van der Waals surface area (Å²) in [5.41, 5.74) is 8.25. The fourth-order valence-corrected chi connectivity index (χ4v) is 3.47. The molecular formula is C23H18N2O2. The van der Waals surface area contributed by atoms with Crippen LogP contribution in [0.4, 0.5) is 0 Å². The Labute approximate surface area is 156 Å². The maximum Gasteiger partial charge on any atom is 0.266 e. The molecule has 0 saturated heterocycles. The van der Waals surface area contributed by atoms with E-state index in [4.69, 9.17) is 5.73 Å². The van der Waals surface area contributed by atoms with E-state index >= 15 is 0 Å². The average molecular weight is 354 g/mol. The molecule has 0 aliphatic heterocycles. The Morgan fingerprint density at radius 3 is 1.96 bits per heavy atom. The van der Waals surface area contributed by atoms with Crippen LogP contribution in [-0.4, -0.2) is 10.5 Å². The van der Waals surface area contributed by atoms with Crippen LogP contribution in [0.3, 0.4) is 0 Å². The summed E-state index contributed by atoms with van der Waals surface area (Å²) in [5, 5.41) is 1.30. The zero-order valence-corrected chi connectivity index (χ0v) is 14.6. The summed E-state index contributed by atoms with van der Waals surface area (Å²) in [4.78, 5) is 25.7. The third-order valence-electron chi connectivity index (χ3n) is 4.66. The van der Waals surface area contributed by atoms with Gasteiger partial charge in [0, 0.05) is 10.9 Å². The summed E-state index contributed by atoms with van der Waals surface area (Å²) in [5.74, 6) is -0.618. The number of aromatic nitrogens is 1. The first-order valence-electron chi connectivity index (χ1n) is 8.71. The topological polar surface area (TPSA) is 65.1 Å². The Hall–Kier alpha value is -3.66. The number of pyridine rings is 1. The molecule has 3 aromatic carbocycles. The molecule has 2 N–H and O–H groups in total. The second kappa shape index (κ2) is 6.92. The van der Waals surface area contributed by atoms with E-state index in [9.17, 15) is 9.59 Å². The highest BCUT2D eigenvalue weighted by atomic mass is 16.2. The van der Waals surface area contributed by atoms with Gasteiger partial charge in [-0.3, -0.25) is 14.2 Å². The third-order valence-corrected chi connectivity index (χ3v) is 4.66. The summed E-state index contributed by atoms with van der Waals surface area (Å²) in [7, 11) is 0. The lowest BCUT2D eigenvalue weighted by Crippen LogP contribution is -2.30. The maximum atomic E-state index is 13.2. The van der Waals surface area contributed by atoms with Gasteiger partial charge in [-0.15, -0.1) is 0 Å². The van der Waals surface area contributed by atoms with Gasteiger partial charge >= 0.3 is 0 Å². The van der Waals surface area contributed by atoms with Crippen LogP contribution >= 0.6 is 0 Å². The molecule has 0 aliphatic carbocycles. The summed E-state index contributed by atoms with van der Waals surface area (Å²) in [6.45, 7) is 0.280. The smallest absolute Gasteiger partial charge is 0.266 e. The molecule has 132 valence electrons. The van der Waals surface area contributed by atoms with Crippen molar-refractivity contribution in [1.82, 2.24) is 4.57 Å². The van der Waals surface area contributed by atoms with Gasteiger partial charge in [0.15, 0.2) is 0 Å². The number of nitrogens with two attached hydrogens (primary N) is 1. The maximum absolute atomic E-state index is 13.2. The minimum absolute atomic E-state index is 0.220. The van der Waals surface area contributed by atoms with Crippen molar-refractivity contribution in [2.24, 2.45) is 5.73 Å². The minimum Gasteiger partial charge on any atom is -0.364 e. The van der Waals surface area contributed by atoms with Crippen LogP contribution in [0.1, 0.15) is 16.1 Å². The third kappa shape index (κ3) is 3.02. The van der Waals surface area contributed by atoms with Crippen LogP contribution in [-0.2, 0) is 6.54 Å². The van der Waals surface area contributed by atoms with Crippen LogP contribution in [0.25, 0.3) is 21.9 Å². The number of amides is 1. The van der Waals surface area contributed by atoms with Crippen molar-refractivity contribution in [2.75, 3.05) is 0 Å². The second-order valence-corrected chi connectivity index (χ2v) is 6.38. The van der Waals surface area contributed by atoms with Crippen molar-refractivity contribution >= 4 is 16.7 Å². The first-order valence-corrected chi connectivity index (χ1v) is 8.71. The lowest BCUT2D eigenvalue weighted by Gasteiger charge is -2.18. The first-order chi connectivity index (χ1) is 13.2. The number of fused-ring (bicyclic) bond motifs is 1. The number of benzene rings is 3. The second-order valence-electron chi connectivity index (χ2n) is 6.38. The largest absolute Gasteiger partial charge is 0.364 e. The molecule has 0 radical (unpaired) electrons. The first kappa shape index (κ1) is 16.8. The molecule has 0 spiro atoms. The van der Waals surface area contributed by atoms with Crippen LogP contribution in [0, 0.1) is 0 Å². The zero-order valence-electron chi connectivity index (χ0n) is 14.6. The lowest BCUT2D eigenvalue weighted by atomic mass is 9.96. The molecule has 4 nitrogen and oxygen atoms in total. The summed E-state index contributed by atoms with van der Waals surface area (Å²) in [6.07, 6.45) is 0. The van der Waals surface area contributed by atoms with Gasteiger partial charge in [0.25, 0.3) is 11.5 Å². The Kier molecular flexibility index (Phi) is 4.30. The molecule has 27 heavy (non-hydrogen) atoms. The molecule has 0 aliphatic rings. The average Bonchev–Trinajstić information content (AvgIpc) is 2.71. The van der Waals surface area contributed by atoms with Gasteiger partial charge < -0.3 is 5.73 Å². The number of hydrogen-bond donors (Lipinski definition) is 1. The van der Waals surface area contributed by atoms with Crippen molar-refractivity contribution in [3.63, 3.8) is 0 Å². The van der Waals surface area contributed by atoms with E-state index in [1.807, 2.05) is 78.9 Å². The minimum atomic E-state index is -0.618. The van der Waals surface area contributed by atoms with Crippen molar-refractivity contribution in [3.05, 3.63) is 107 Å². The predicted molar refractivity (Wildman–Crippen MR) is 108 cm³/mol. The highest BCUT2D eigenvalue weighted by Crippen LogP contribution is 2.30. The molecule has 0 fully saturated rings. The fraction of sp³-hybridized carbons (Fsp3) is 0.0435. The number of carbonyl (C=O) groups excluding carboxylic acids is 1. The number of nitrogens with zero attached hydrogens (tertiary/aromatic N) is 1. The van der Waals surface area contributed by atoms with Crippen LogP contribution in [0.5, 0.6) is 0 Å². The molecule has 1 heterocycles. The molecule has 4 aromatic rings. The van der Waals surface area contributed by atoms with E-state index in [-0.39, 0.29) is 17.8 Å². The summed E-state index contributed by atoms with van der Waals surface area (Å²) in [6, 6.07) is 26.5. The van der Waals surface area contributed by atoms with Crippen LogP contribution < -0.4 is 11.3 Å². The molecule has 1 aromatic heterocycles. The Morgan fingerprint density at radius 2 is 1.33 bits per heavy atom. The van der Waals surface area contributed by atoms with E-state index in [1.165, 1.54) is 4.57 Å². The molecule has 0 bridgehead atoms. The Morgan fingerprint density at radius 1 is 0.778 bits per heavy atom. The number of primary amides is 1. The monoisotopic (exact) mass is 354 g/mol. The van der Waals surface area contributed by atoms with E-state index in [0.717, 1.165) is 16.5 Å². The van der Waals surface area contributed by atoms with Crippen LogP contribution in [0.2, 0.25) is 0 Å². The lowest BCUT2D eigenvalue weighted by molar-refractivity contribution is 0.0991. The standard InChI is InChI=1S/C23H18N2O2/c24-22(26)21-20(17-11-5-2-6-12-17)18-13-7-8-14-19(18)23(27)25(21)15-16-9-3-1-4-10-16/h1-14H,15H2,(H2,24,26). The van der Waals surface area contributed by atoms with Crippen molar-refractivity contribution in [2.45, 2.75) is 6.54 Å². The Bertz CT molecular complexity index is 1180. The normalized spacial score (nSPS) is 10.8. The van der Waals surface area contributed by atoms with Gasteiger partial charge in [-0.05, 0) is 22.6 Å². The van der Waals surface area contributed by atoms with Crippen molar-refractivity contribution in [1.29, 1.82) is 0 Å². The fourth-order valence-electron chi connectivity index (χ4n) is 3.47. The zero-order chi connectivity index (χ0) is 18.8. The number of rotatable bonds is 4. The summed E-state index contributed by atoms with van der Waals surface area (Å²) < 4.78 is 1.49. The predicted octanol–water partition coefficient (Wildman–Crippen LogP) is 3.82. The number of hydrogen-bond acceptors (Lipinski definition) is 2. The van der Waals surface area contributed by atoms with E-state index in [1.54, 1.807) is 6.07 Å². The van der Waals surface area contributed by atoms with Gasteiger partial charge in [-0.1, -0.05) is 78.9 Å². The quantitative estimate of drug-likeness (QED) is 0.605. The molecule has 0 atom stereocenters. The Balaban J connectivity index is 2.11. The molecule has 4 heteroatoms. The molecule has 1 amide bonds.